The highest BCUT2D eigenvalue weighted by molar-refractivity contribution is 6.09. The monoisotopic (exact) mass is 510 g/mol. The van der Waals surface area contributed by atoms with E-state index in [-0.39, 0.29) is 5.92 Å². The van der Waals surface area contributed by atoms with Crippen LogP contribution in [0.4, 0.5) is 0 Å². The standard InChI is InChI=1S/C35H26O4/c1-23(24-13-5-2-6-14-24)34-37-32-28-20-12-11-19-27(28)31-29(30(32)33(36)38-34)21-22-35(39-31,25-15-7-3-8-16-25)26-17-9-4-10-18-26/h2-23,34H,1H3. The maximum absolute atomic E-state index is 13.7. The Kier molecular flexibility index (Phi) is 5.48. The molecule has 2 heterocycles. The molecule has 0 aliphatic carbocycles. The van der Waals surface area contributed by atoms with Gasteiger partial charge in [-0.3, -0.25) is 0 Å². The predicted octanol–water partition coefficient (Wildman–Crippen LogP) is 7.87. The van der Waals surface area contributed by atoms with Crippen LogP contribution in [0.15, 0.2) is 121 Å². The summed E-state index contributed by atoms with van der Waals surface area (Å²) in [5.41, 5.74) is 3.23. The summed E-state index contributed by atoms with van der Waals surface area (Å²) in [7, 11) is 0. The maximum atomic E-state index is 13.7. The van der Waals surface area contributed by atoms with Crippen molar-refractivity contribution in [2.45, 2.75) is 24.7 Å². The zero-order chi connectivity index (χ0) is 26.4. The van der Waals surface area contributed by atoms with Crippen molar-refractivity contribution < 1.29 is 19.0 Å². The topological polar surface area (TPSA) is 44.8 Å². The largest absolute Gasteiger partial charge is 0.472 e. The van der Waals surface area contributed by atoms with Gasteiger partial charge in [0.1, 0.15) is 17.1 Å². The third-order valence-corrected chi connectivity index (χ3v) is 7.71. The summed E-state index contributed by atoms with van der Waals surface area (Å²) in [6, 6.07) is 38.2. The number of carbonyl (C=O) groups excluding carboxylic acids is 1. The van der Waals surface area contributed by atoms with Crippen molar-refractivity contribution in [2.24, 2.45) is 0 Å². The van der Waals surface area contributed by atoms with Gasteiger partial charge in [0.25, 0.3) is 6.29 Å². The number of cyclic esters (lactones) is 1. The highest BCUT2D eigenvalue weighted by Crippen LogP contribution is 2.51. The Morgan fingerprint density at radius 3 is 1.82 bits per heavy atom. The van der Waals surface area contributed by atoms with Gasteiger partial charge in [0.2, 0.25) is 0 Å². The molecule has 39 heavy (non-hydrogen) atoms. The first-order valence-corrected chi connectivity index (χ1v) is 13.2. The molecular weight excluding hydrogens is 484 g/mol. The van der Waals surface area contributed by atoms with Crippen molar-refractivity contribution >= 4 is 22.8 Å². The number of esters is 1. The van der Waals surface area contributed by atoms with E-state index in [9.17, 15) is 4.79 Å². The Hall–Kier alpha value is -4.83. The van der Waals surface area contributed by atoms with Crippen LogP contribution in [0.25, 0.3) is 16.8 Å². The summed E-state index contributed by atoms with van der Waals surface area (Å²) in [5.74, 6) is 0.614. The number of hydrogen-bond acceptors (Lipinski definition) is 4. The number of hydrogen-bond donors (Lipinski definition) is 0. The summed E-state index contributed by atoms with van der Waals surface area (Å²) in [4.78, 5) is 13.7. The normalized spacial score (nSPS) is 17.8. The van der Waals surface area contributed by atoms with Crippen LogP contribution in [-0.4, -0.2) is 12.3 Å². The highest BCUT2D eigenvalue weighted by Gasteiger charge is 2.42. The fraction of sp³-hybridized carbons (Fsp3) is 0.114. The molecule has 5 aromatic rings. The average Bonchev–Trinajstić information content (AvgIpc) is 3.01. The molecule has 0 bridgehead atoms. The summed E-state index contributed by atoms with van der Waals surface area (Å²) in [5, 5.41) is 1.70. The van der Waals surface area contributed by atoms with Crippen molar-refractivity contribution in [1.82, 2.24) is 0 Å². The van der Waals surface area contributed by atoms with Gasteiger partial charge in [-0.05, 0) is 17.7 Å². The lowest BCUT2D eigenvalue weighted by molar-refractivity contribution is -0.0707. The second-order valence-corrected chi connectivity index (χ2v) is 9.99. The van der Waals surface area contributed by atoms with Gasteiger partial charge in [0.05, 0.1) is 5.92 Å². The van der Waals surface area contributed by atoms with Crippen LogP contribution in [0.1, 0.15) is 45.5 Å². The molecule has 0 aromatic heterocycles. The molecule has 0 saturated carbocycles. The van der Waals surface area contributed by atoms with Gasteiger partial charge < -0.3 is 14.2 Å². The Morgan fingerprint density at radius 1 is 0.667 bits per heavy atom. The molecule has 0 spiro atoms. The average molecular weight is 511 g/mol. The molecule has 2 aliphatic rings. The molecule has 2 unspecified atom stereocenters. The number of fused-ring (bicyclic) bond motifs is 6. The van der Waals surface area contributed by atoms with Crippen LogP contribution in [0, 0.1) is 0 Å². The zero-order valence-electron chi connectivity index (χ0n) is 21.4. The van der Waals surface area contributed by atoms with Crippen molar-refractivity contribution in [3.63, 3.8) is 0 Å². The molecule has 4 heteroatoms. The first-order chi connectivity index (χ1) is 19.2. The minimum Gasteiger partial charge on any atom is -0.472 e. The van der Waals surface area contributed by atoms with Crippen LogP contribution in [0.2, 0.25) is 0 Å². The van der Waals surface area contributed by atoms with E-state index in [0.717, 1.165) is 27.5 Å². The van der Waals surface area contributed by atoms with E-state index < -0.39 is 17.9 Å². The molecule has 4 nitrogen and oxygen atoms in total. The van der Waals surface area contributed by atoms with Gasteiger partial charge in [-0.1, -0.05) is 122 Å². The smallest absolute Gasteiger partial charge is 0.345 e. The fourth-order valence-corrected chi connectivity index (χ4v) is 5.66. The molecule has 0 amide bonds. The predicted molar refractivity (Wildman–Crippen MR) is 152 cm³/mol. The number of benzene rings is 5. The van der Waals surface area contributed by atoms with Gasteiger partial charge >= 0.3 is 5.97 Å². The van der Waals surface area contributed by atoms with Crippen LogP contribution >= 0.6 is 0 Å². The Balaban J connectivity index is 1.41. The lowest BCUT2D eigenvalue weighted by Gasteiger charge is -2.38. The third kappa shape index (κ3) is 3.71. The van der Waals surface area contributed by atoms with Gasteiger partial charge in [-0.2, -0.15) is 0 Å². The quantitative estimate of drug-likeness (QED) is 0.231. The van der Waals surface area contributed by atoms with Crippen LogP contribution < -0.4 is 9.47 Å². The second-order valence-electron chi connectivity index (χ2n) is 9.99. The van der Waals surface area contributed by atoms with Gasteiger partial charge in [-0.15, -0.1) is 0 Å². The molecule has 0 N–H and O–H groups in total. The lowest BCUT2D eigenvalue weighted by Crippen LogP contribution is -2.37. The van der Waals surface area contributed by atoms with E-state index in [1.807, 2.05) is 110 Å². The maximum Gasteiger partial charge on any atom is 0.345 e. The number of carbonyl (C=O) groups is 1. The first kappa shape index (κ1) is 23.3. The van der Waals surface area contributed by atoms with Crippen molar-refractivity contribution in [3.8, 4) is 11.5 Å². The molecular formula is C35H26O4. The SMILES string of the molecule is CC(c1ccccc1)C1OC(=O)c2c3c(c4ccccc4c2O1)OC(c1ccccc1)(c1ccccc1)C=C3. The zero-order valence-corrected chi connectivity index (χ0v) is 21.4. The van der Waals surface area contributed by atoms with Crippen LogP contribution in [0.5, 0.6) is 11.5 Å². The van der Waals surface area contributed by atoms with Gasteiger partial charge in [0, 0.05) is 27.5 Å². The van der Waals surface area contributed by atoms with E-state index in [4.69, 9.17) is 14.2 Å². The molecule has 2 atom stereocenters. The van der Waals surface area contributed by atoms with E-state index >= 15 is 0 Å². The van der Waals surface area contributed by atoms with Gasteiger partial charge in [-0.25, -0.2) is 4.79 Å². The third-order valence-electron chi connectivity index (χ3n) is 7.71. The molecule has 0 fully saturated rings. The van der Waals surface area contributed by atoms with Gasteiger partial charge in [0.15, 0.2) is 5.60 Å². The highest BCUT2D eigenvalue weighted by atomic mass is 16.7. The van der Waals surface area contributed by atoms with Crippen molar-refractivity contribution in [2.75, 3.05) is 0 Å². The van der Waals surface area contributed by atoms with E-state index in [0.29, 0.717) is 22.6 Å². The first-order valence-electron chi connectivity index (χ1n) is 13.2. The Bertz CT molecular complexity index is 1670. The summed E-state index contributed by atoms with van der Waals surface area (Å²) < 4.78 is 19.4. The van der Waals surface area contributed by atoms with E-state index in [1.165, 1.54) is 0 Å². The van der Waals surface area contributed by atoms with Crippen molar-refractivity contribution in [1.29, 1.82) is 0 Å². The minimum absolute atomic E-state index is 0.145. The molecule has 0 saturated heterocycles. The lowest BCUT2D eigenvalue weighted by atomic mass is 9.82. The molecule has 190 valence electrons. The second kappa shape index (κ2) is 9.17. The minimum atomic E-state index is -0.865. The molecule has 5 aromatic carbocycles. The Morgan fingerprint density at radius 2 is 1.21 bits per heavy atom. The summed E-state index contributed by atoms with van der Waals surface area (Å²) in [6.07, 6.45) is 3.27. The van der Waals surface area contributed by atoms with E-state index in [1.54, 1.807) is 0 Å². The van der Waals surface area contributed by atoms with Crippen LogP contribution in [0.3, 0.4) is 0 Å². The number of rotatable bonds is 4. The molecule has 7 rings (SSSR count). The molecule has 0 radical (unpaired) electrons. The fourth-order valence-electron chi connectivity index (χ4n) is 5.66. The summed E-state index contributed by atoms with van der Waals surface area (Å²) >= 11 is 0. The van der Waals surface area contributed by atoms with Crippen molar-refractivity contribution in [3.05, 3.63) is 149 Å². The van der Waals surface area contributed by atoms with Crippen LogP contribution in [-0.2, 0) is 10.3 Å². The number of ether oxygens (including phenoxy) is 3. The Labute approximate surface area is 227 Å². The van der Waals surface area contributed by atoms with E-state index in [2.05, 4.69) is 24.3 Å². The molecule has 2 aliphatic heterocycles. The summed E-state index contributed by atoms with van der Waals surface area (Å²) in [6.45, 7) is 2.01.